The van der Waals surface area contributed by atoms with Crippen LogP contribution in [0, 0.1) is 0 Å². The summed E-state index contributed by atoms with van der Waals surface area (Å²) in [4.78, 5) is 0. The molecule has 21 heteroatoms. The van der Waals surface area contributed by atoms with Crippen LogP contribution in [0.25, 0.3) is 0 Å². The molecule has 348 valence electrons. The molecule has 0 amide bonds. The van der Waals surface area contributed by atoms with Crippen molar-refractivity contribution in [3.8, 4) is 0 Å². The summed E-state index contributed by atoms with van der Waals surface area (Å²) < 4.78 is 127. The molecule has 4 aliphatic rings. The molecular weight excluding hydrogens is 792 g/mol. The predicted molar refractivity (Wildman–Crippen MR) is 201 cm³/mol. The van der Waals surface area contributed by atoms with Crippen molar-refractivity contribution >= 4 is 0 Å². The van der Waals surface area contributed by atoms with E-state index in [1.807, 2.05) is 0 Å². The maximum atomic E-state index is 6.72. The van der Waals surface area contributed by atoms with Gasteiger partial charge in [0.25, 0.3) is 0 Å². The Morgan fingerprint density at radius 3 is 1.05 bits per heavy atom. The van der Waals surface area contributed by atoms with E-state index in [0.717, 1.165) is 0 Å². The van der Waals surface area contributed by atoms with Crippen LogP contribution in [0.2, 0.25) is 0 Å². The van der Waals surface area contributed by atoms with Gasteiger partial charge in [0.1, 0.15) is 98.2 Å². The maximum Gasteiger partial charge on any atom is 0.224 e. The molecule has 0 aromatic rings. The van der Waals surface area contributed by atoms with Crippen LogP contribution in [0.3, 0.4) is 0 Å². The zero-order valence-corrected chi connectivity index (χ0v) is 37.0. The van der Waals surface area contributed by atoms with Gasteiger partial charge in [-0.15, -0.1) is 0 Å². The summed E-state index contributed by atoms with van der Waals surface area (Å²) >= 11 is 0. The van der Waals surface area contributed by atoms with Crippen molar-refractivity contribution in [3.05, 3.63) is 0 Å². The van der Waals surface area contributed by atoms with Gasteiger partial charge in [0.15, 0.2) is 18.9 Å². The highest BCUT2D eigenvalue weighted by Crippen LogP contribution is 2.41. The van der Waals surface area contributed by atoms with Crippen molar-refractivity contribution < 1.29 is 99.5 Å². The maximum absolute atomic E-state index is 6.72. The molecule has 0 unspecified atom stereocenters. The molecule has 4 aliphatic heterocycles. The Kier molecular flexibility index (Phi) is 21.4. The molecule has 4 heterocycles. The van der Waals surface area contributed by atoms with Crippen molar-refractivity contribution in [2.24, 2.45) is 0 Å². The second-order valence-electron chi connectivity index (χ2n) is 14.4. The number of methoxy groups -OCH3 is 14. The van der Waals surface area contributed by atoms with E-state index in [2.05, 4.69) is 0 Å². The van der Waals surface area contributed by atoms with Gasteiger partial charge in [0, 0.05) is 99.5 Å². The van der Waals surface area contributed by atoms with Crippen LogP contribution in [-0.2, 0) is 99.5 Å². The summed E-state index contributed by atoms with van der Waals surface area (Å²) in [6, 6.07) is 0. The van der Waals surface area contributed by atoms with Gasteiger partial charge in [0.2, 0.25) is 5.79 Å². The Hall–Kier alpha value is -0.840. The van der Waals surface area contributed by atoms with Crippen LogP contribution in [0.15, 0.2) is 0 Å². The fourth-order valence-electron chi connectivity index (χ4n) is 8.71. The van der Waals surface area contributed by atoms with Crippen LogP contribution < -0.4 is 0 Å². The van der Waals surface area contributed by atoms with Crippen LogP contribution in [0.5, 0.6) is 0 Å². The highest BCUT2D eigenvalue weighted by atomic mass is 16.8. The van der Waals surface area contributed by atoms with E-state index < -0.39 is 116 Å². The number of hydrogen-bond donors (Lipinski definition) is 0. The van der Waals surface area contributed by atoms with E-state index in [1.54, 1.807) is 71.1 Å². The first-order chi connectivity index (χ1) is 28.6. The molecule has 4 fully saturated rings. The van der Waals surface area contributed by atoms with E-state index in [1.165, 1.54) is 28.4 Å². The van der Waals surface area contributed by atoms with Crippen LogP contribution >= 0.6 is 0 Å². The zero-order chi connectivity index (χ0) is 43.3. The Balaban J connectivity index is 1.58. The van der Waals surface area contributed by atoms with E-state index in [4.69, 9.17) is 99.5 Å². The lowest BCUT2D eigenvalue weighted by atomic mass is 9.97. The second-order valence-corrected chi connectivity index (χ2v) is 14.4. The molecule has 19 atom stereocenters. The van der Waals surface area contributed by atoms with Crippen molar-refractivity contribution in [1.82, 2.24) is 0 Å². The van der Waals surface area contributed by atoms with Gasteiger partial charge in [0.05, 0.1) is 26.4 Å². The molecule has 59 heavy (non-hydrogen) atoms. The second kappa shape index (κ2) is 24.9. The van der Waals surface area contributed by atoms with Gasteiger partial charge >= 0.3 is 0 Å². The van der Waals surface area contributed by atoms with Crippen LogP contribution in [0.4, 0.5) is 0 Å². The highest BCUT2D eigenvalue weighted by Gasteiger charge is 2.61. The zero-order valence-electron chi connectivity index (χ0n) is 37.0. The lowest BCUT2D eigenvalue weighted by Gasteiger charge is -2.48. The Bertz CT molecular complexity index is 1160. The quantitative estimate of drug-likeness (QED) is 0.113. The molecule has 0 aliphatic carbocycles. The fourth-order valence-corrected chi connectivity index (χ4v) is 8.71. The number of rotatable bonds is 25. The van der Waals surface area contributed by atoms with Gasteiger partial charge in [-0.05, 0) is 0 Å². The summed E-state index contributed by atoms with van der Waals surface area (Å²) in [5.74, 6) is -1.51. The summed E-state index contributed by atoms with van der Waals surface area (Å²) in [5.41, 5.74) is 0. The topological polar surface area (TPSA) is 194 Å². The molecule has 0 saturated carbocycles. The number of hydrogen-bond acceptors (Lipinski definition) is 21. The van der Waals surface area contributed by atoms with E-state index in [9.17, 15) is 0 Å². The first-order valence-electron chi connectivity index (χ1n) is 19.5. The molecule has 21 nitrogen and oxygen atoms in total. The average molecular weight is 863 g/mol. The van der Waals surface area contributed by atoms with Crippen LogP contribution in [-0.4, -0.2) is 249 Å². The molecular formula is C38H70O21. The largest absolute Gasteiger partial charge is 0.382 e. The van der Waals surface area contributed by atoms with Gasteiger partial charge in [-0.1, -0.05) is 0 Å². The molecule has 4 saturated heterocycles. The first kappa shape index (κ1) is 50.8. The SMILES string of the molecule is COC[C@H]1O[C@H](OC[C@H]2O[C@H](OC[C@H]3O[C@H](O[C@]4(COC)O[C@H](COC)[C@@H](OC)[C@@H]4OC)[C@H](OC)[C@@H](OC)[C@@H]3OC)[C@H](OC)[C@@H](OC)[C@H]2OC)[C@H](OC)[C@@H](OC)[C@H]1OC. The molecule has 0 aromatic heterocycles. The van der Waals surface area contributed by atoms with Crippen LogP contribution in [0.1, 0.15) is 0 Å². The van der Waals surface area contributed by atoms with Crippen molar-refractivity contribution in [1.29, 1.82) is 0 Å². The van der Waals surface area contributed by atoms with E-state index >= 15 is 0 Å². The summed E-state index contributed by atoms with van der Waals surface area (Å²) in [5, 5.41) is 0. The summed E-state index contributed by atoms with van der Waals surface area (Å²) in [7, 11) is 21.7. The van der Waals surface area contributed by atoms with Gasteiger partial charge in [-0.2, -0.15) is 0 Å². The van der Waals surface area contributed by atoms with Crippen molar-refractivity contribution in [3.63, 3.8) is 0 Å². The molecule has 0 bridgehead atoms. The highest BCUT2D eigenvalue weighted by molar-refractivity contribution is 5.02. The third kappa shape index (κ3) is 11.1. The molecule has 0 aromatic carbocycles. The molecule has 0 N–H and O–H groups in total. The predicted octanol–water partition coefficient (Wildman–Crippen LogP) is -0.590. The van der Waals surface area contributed by atoms with E-state index in [0.29, 0.717) is 0 Å². The third-order valence-electron chi connectivity index (χ3n) is 11.4. The Morgan fingerprint density at radius 2 is 0.695 bits per heavy atom. The lowest BCUT2D eigenvalue weighted by Crippen LogP contribution is -2.65. The molecule has 4 rings (SSSR count). The van der Waals surface area contributed by atoms with Gasteiger partial charge in [-0.3, -0.25) is 0 Å². The van der Waals surface area contributed by atoms with E-state index in [-0.39, 0.29) is 33.0 Å². The Morgan fingerprint density at radius 1 is 0.339 bits per heavy atom. The Labute approximate surface area is 348 Å². The minimum Gasteiger partial charge on any atom is -0.382 e. The summed E-state index contributed by atoms with van der Waals surface area (Å²) in [6.07, 6.45) is -12.9. The molecule has 0 radical (unpaired) electrons. The average Bonchev–Trinajstić information content (AvgIpc) is 3.54. The first-order valence-corrected chi connectivity index (χ1v) is 19.5. The van der Waals surface area contributed by atoms with Crippen molar-refractivity contribution in [2.45, 2.75) is 116 Å². The third-order valence-corrected chi connectivity index (χ3v) is 11.4. The van der Waals surface area contributed by atoms with Crippen molar-refractivity contribution in [2.75, 3.05) is 133 Å². The monoisotopic (exact) mass is 862 g/mol. The fraction of sp³-hybridized carbons (Fsp3) is 1.00. The minimum atomic E-state index is -1.51. The standard InChI is InChI=1S/C38H70O21/c1-39-15-20-24(42-4)28(46-8)31(49-11)35(55-20)53-17-21-25(43-5)29(47-9)32(50-12)36(56-21)54-18-22-26(44-6)30(48-10)33(51-13)37(57-22)59-38(19-41-3)34(52-14)27(45-7)23(58-38)16-40-2/h20-37H,15-19H2,1-14H3/t20-,21-,22-,23-,24+,25+,26-,27-,28+,29+,30+,31-,32-,33-,34+,35+,36+,37-,38+/m1/s1. The minimum absolute atomic E-state index is 0.0282. The lowest BCUT2D eigenvalue weighted by molar-refractivity contribution is -0.394. The number of ether oxygens (including phenoxy) is 21. The smallest absolute Gasteiger partial charge is 0.224 e. The van der Waals surface area contributed by atoms with Gasteiger partial charge < -0.3 is 99.5 Å². The van der Waals surface area contributed by atoms with Gasteiger partial charge in [-0.25, -0.2) is 0 Å². The summed E-state index contributed by atoms with van der Waals surface area (Å²) in [6.45, 7) is 0.260. The normalized spacial score (nSPS) is 43.0. The molecule has 0 spiro atoms.